The first-order chi connectivity index (χ1) is 18.2. The zero-order valence-corrected chi connectivity index (χ0v) is 20.6. The van der Waals surface area contributed by atoms with Crippen LogP contribution in [0.5, 0.6) is 5.75 Å². The van der Waals surface area contributed by atoms with Gasteiger partial charge in [-0.3, -0.25) is 4.68 Å². The summed E-state index contributed by atoms with van der Waals surface area (Å²) in [6, 6.07) is 10.7. The van der Waals surface area contributed by atoms with E-state index in [1.807, 2.05) is 6.07 Å². The highest BCUT2D eigenvalue weighted by Gasteiger charge is 2.39. The fourth-order valence-corrected chi connectivity index (χ4v) is 4.45. The molecule has 1 aromatic carbocycles. The molecule has 1 aliphatic rings. The molecule has 1 amide bonds. The predicted octanol–water partition coefficient (Wildman–Crippen LogP) is 4.61. The molecular weight excluding hydrogens is 499 g/mol. The van der Waals surface area contributed by atoms with Crippen LogP contribution in [-0.4, -0.2) is 38.9 Å². The summed E-state index contributed by atoms with van der Waals surface area (Å²) in [7, 11) is 0. The molecule has 4 aromatic rings. The summed E-state index contributed by atoms with van der Waals surface area (Å²) in [6.45, 7) is 4.11. The molecule has 9 nitrogen and oxygen atoms in total. The van der Waals surface area contributed by atoms with Crippen LogP contribution in [-0.2, 0) is 19.3 Å². The Morgan fingerprint density at radius 1 is 1.18 bits per heavy atom. The maximum absolute atomic E-state index is 13.6. The van der Waals surface area contributed by atoms with E-state index in [1.165, 1.54) is 0 Å². The summed E-state index contributed by atoms with van der Waals surface area (Å²) in [6.07, 6.45) is -0.491. The Balaban J connectivity index is 1.25. The fourth-order valence-electron chi connectivity index (χ4n) is 4.45. The summed E-state index contributed by atoms with van der Waals surface area (Å²) in [5, 5.41) is 7.69. The predicted molar refractivity (Wildman–Crippen MR) is 136 cm³/mol. The minimum Gasteiger partial charge on any atom is -0.406 e. The molecule has 1 fully saturated rings. The van der Waals surface area contributed by atoms with Gasteiger partial charge in [0.1, 0.15) is 11.6 Å². The zero-order valence-electron chi connectivity index (χ0n) is 20.6. The lowest BCUT2D eigenvalue weighted by atomic mass is 10.1. The van der Waals surface area contributed by atoms with Crippen molar-refractivity contribution in [3.8, 4) is 5.75 Å². The summed E-state index contributed by atoms with van der Waals surface area (Å²) in [5.41, 5.74) is 5.95. The number of nitrogens with two attached hydrogens (primary N) is 1. The second kappa shape index (κ2) is 10.2. The topological polar surface area (TPSA) is 111 Å². The van der Waals surface area contributed by atoms with Gasteiger partial charge in [0.05, 0.1) is 12.7 Å². The number of carbonyl (C=O) groups excluding carboxylic acids is 1. The van der Waals surface area contributed by atoms with E-state index in [0.29, 0.717) is 22.9 Å². The monoisotopic (exact) mass is 525 g/mol. The number of nitrogen functional groups attached to an aromatic ring is 1. The van der Waals surface area contributed by atoms with Crippen LogP contribution in [0.2, 0.25) is 0 Å². The van der Waals surface area contributed by atoms with E-state index >= 15 is 0 Å². The number of ether oxygens (including phenoxy) is 1. The van der Waals surface area contributed by atoms with Crippen molar-refractivity contribution in [2.24, 2.45) is 5.92 Å². The lowest BCUT2D eigenvalue weighted by Gasteiger charge is -2.17. The lowest BCUT2D eigenvalue weighted by molar-refractivity contribution is -0.142. The molecule has 3 aromatic heterocycles. The average Bonchev–Trinajstić information content (AvgIpc) is 3.49. The number of fused-ring (bicyclic) bond motifs is 1. The van der Waals surface area contributed by atoms with Gasteiger partial charge < -0.3 is 20.7 Å². The van der Waals surface area contributed by atoms with Crippen molar-refractivity contribution in [1.82, 2.24) is 25.1 Å². The number of rotatable bonds is 6. The summed E-state index contributed by atoms with van der Waals surface area (Å²) >= 11 is 0. The van der Waals surface area contributed by atoms with Crippen molar-refractivity contribution in [2.75, 3.05) is 23.7 Å². The fraction of sp³-hybridized carbons (Fsp3) is 0.308. The van der Waals surface area contributed by atoms with E-state index in [9.17, 15) is 18.0 Å². The smallest absolute Gasteiger partial charge is 0.406 e. The summed E-state index contributed by atoms with van der Waals surface area (Å²) in [5.74, 6) is 1.14. The van der Waals surface area contributed by atoms with Crippen LogP contribution in [0.1, 0.15) is 30.2 Å². The van der Waals surface area contributed by atoms with E-state index in [0.717, 1.165) is 47.0 Å². The van der Waals surface area contributed by atoms with Crippen molar-refractivity contribution >= 4 is 28.5 Å². The van der Waals surface area contributed by atoms with Gasteiger partial charge in [-0.15, -0.1) is 0 Å². The Morgan fingerprint density at radius 2 is 2.00 bits per heavy atom. The average molecular weight is 526 g/mol. The van der Waals surface area contributed by atoms with E-state index in [1.54, 1.807) is 42.7 Å². The number of aromatic nitrogens is 4. The Morgan fingerprint density at radius 3 is 2.71 bits per heavy atom. The van der Waals surface area contributed by atoms with Crippen LogP contribution < -0.4 is 20.7 Å². The highest BCUT2D eigenvalue weighted by atomic mass is 19.4. The molecule has 38 heavy (non-hydrogen) atoms. The second-order valence-corrected chi connectivity index (χ2v) is 9.40. The molecule has 0 bridgehead atoms. The van der Waals surface area contributed by atoms with Crippen LogP contribution in [0, 0.1) is 5.92 Å². The first-order valence-corrected chi connectivity index (χ1v) is 12.1. The number of hydrogen-bond acceptors (Lipinski definition) is 7. The van der Waals surface area contributed by atoms with Gasteiger partial charge in [-0.1, -0.05) is 25.1 Å². The van der Waals surface area contributed by atoms with Gasteiger partial charge in [-0.25, -0.2) is 14.8 Å². The third-order valence-corrected chi connectivity index (χ3v) is 6.40. The maximum atomic E-state index is 13.6. The first kappa shape index (κ1) is 25.3. The zero-order chi connectivity index (χ0) is 26.9. The van der Waals surface area contributed by atoms with E-state index in [4.69, 9.17) is 10.5 Å². The van der Waals surface area contributed by atoms with Gasteiger partial charge in [0, 0.05) is 37.4 Å². The highest BCUT2D eigenvalue weighted by molar-refractivity contribution is 5.91. The standard InChI is InChI=1S/C26H26F3N7O2/c1-16-7-9-35(13-16)22-5-3-18(12-32-22)14-36-15-21(23(34-36)26(27,28)29)38-25(37)33-11-17-2-4-20-19(10-17)6-8-31-24(20)30/h2-6,8,10,12,15-16H,7,9,11,13-14H2,1H3,(H2,30,31)(H,33,37)/t16-/m1/s1. The van der Waals surface area contributed by atoms with Gasteiger partial charge in [0.25, 0.3) is 0 Å². The molecular formula is C26H26F3N7O2. The van der Waals surface area contributed by atoms with Crippen molar-refractivity contribution in [3.05, 3.63) is 71.8 Å². The third-order valence-electron chi connectivity index (χ3n) is 6.40. The minimum atomic E-state index is -4.80. The van der Waals surface area contributed by atoms with Gasteiger partial charge in [-0.05, 0) is 47.1 Å². The van der Waals surface area contributed by atoms with Crippen LogP contribution in [0.4, 0.5) is 29.6 Å². The minimum absolute atomic E-state index is 0.0345. The Kier molecular flexibility index (Phi) is 6.79. The molecule has 0 unspecified atom stereocenters. The number of pyridine rings is 2. The van der Waals surface area contributed by atoms with Crippen molar-refractivity contribution in [1.29, 1.82) is 0 Å². The largest absolute Gasteiger partial charge is 0.438 e. The molecule has 1 aliphatic heterocycles. The number of alkyl halides is 3. The molecule has 198 valence electrons. The highest BCUT2D eigenvalue weighted by Crippen LogP contribution is 2.35. The second-order valence-electron chi connectivity index (χ2n) is 9.40. The van der Waals surface area contributed by atoms with E-state index < -0.39 is 23.7 Å². The number of halogens is 3. The van der Waals surface area contributed by atoms with Crippen LogP contribution in [0.3, 0.4) is 0 Å². The normalized spacial score (nSPS) is 15.7. The molecule has 0 aliphatic carbocycles. The van der Waals surface area contributed by atoms with Gasteiger partial charge in [-0.2, -0.15) is 18.3 Å². The number of anilines is 2. The van der Waals surface area contributed by atoms with Gasteiger partial charge in [0.15, 0.2) is 5.75 Å². The molecule has 1 saturated heterocycles. The van der Waals surface area contributed by atoms with E-state index in [-0.39, 0.29) is 13.1 Å². The number of nitrogens with one attached hydrogen (secondary N) is 1. The molecule has 12 heteroatoms. The Bertz CT molecular complexity index is 1450. The molecule has 4 heterocycles. The number of amides is 1. The number of benzene rings is 1. The Labute approximate surface area is 216 Å². The first-order valence-electron chi connectivity index (χ1n) is 12.1. The summed E-state index contributed by atoms with van der Waals surface area (Å²) < 4.78 is 47.0. The van der Waals surface area contributed by atoms with E-state index in [2.05, 4.69) is 32.2 Å². The Hall–Kier alpha value is -4.35. The number of hydrogen-bond donors (Lipinski definition) is 2. The third kappa shape index (κ3) is 5.63. The number of carbonyl (C=O) groups is 1. The molecule has 0 spiro atoms. The quantitative estimate of drug-likeness (QED) is 0.378. The number of nitrogens with zero attached hydrogens (tertiary/aromatic N) is 5. The van der Waals surface area contributed by atoms with Crippen molar-refractivity contribution in [3.63, 3.8) is 0 Å². The van der Waals surface area contributed by atoms with Crippen molar-refractivity contribution in [2.45, 2.75) is 32.6 Å². The molecule has 3 N–H and O–H groups in total. The molecule has 1 atom stereocenters. The lowest BCUT2D eigenvalue weighted by Crippen LogP contribution is -2.27. The van der Waals surface area contributed by atoms with Crippen molar-refractivity contribution < 1.29 is 22.7 Å². The maximum Gasteiger partial charge on any atom is 0.438 e. The van der Waals surface area contributed by atoms with Gasteiger partial charge in [0.2, 0.25) is 5.69 Å². The van der Waals surface area contributed by atoms with Crippen LogP contribution in [0.15, 0.2) is 55.0 Å². The van der Waals surface area contributed by atoms with Crippen LogP contribution >= 0.6 is 0 Å². The van der Waals surface area contributed by atoms with Crippen LogP contribution in [0.25, 0.3) is 10.8 Å². The summed E-state index contributed by atoms with van der Waals surface area (Å²) in [4.78, 5) is 23.0. The van der Waals surface area contributed by atoms with Gasteiger partial charge >= 0.3 is 12.3 Å². The SMILES string of the molecule is C[C@@H]1CCN(c2ccc(Cn3cc(OC(=O)NCc4ccc5c(N)nccc5c4)c(C(F)(F)F)n3)cn2)C1. The molecule has 0 saturated carbocycles. The molecule has 0 radical (unpaired) electrons. The molecule has 5 rings (SSSR count).